The Hall–Kier alpha value is -3.82. The predicted octanol–water partition coefficient (Wildman–Crippen LogP) is 5.63. The number of amides is 4. The minimum atomic E-state index is -0.841. The van der Waals surface area contributed by atoms with E-state index in [0.717, 1.165) is 10.6 Å². The molecule has 0 atom stereocenters. The molecule has 1 fully saturated rings. The van der Waals surface area contributed by atoms with Crippen LogP contribution in [0.1, 0.15) is 12.5 Å². The van der Waals surface area contributed by atoms with Crippen LogP contribution in [0.5, 0.6) is 17.2 Å². The summed E-state index contributed by atoms with van der Waals surface area (Å²) >= 11 is 9.40. The van der Waals surface area contributed by atoms with Crippen LogP contribution in [0.25, 0.3) is 6.08 Å². The molecule has 0 aromatic heterocycles. The summed E-state index contributed by atoms with van der Waals surface area (Å²) in [5.41, 5.74) is 0.559. The first kappa shape index (κ1) is 26.2. The van der Waals surface area contributed by atoms with Gasteiger partial charge in [0.25, 0.3) is 11.8 Å². The summed E-state index contributed by atoms with van der Waals surface area (Å²) in [7, 11) is 0. The average Bonchev–Trinajstić information content (AvgIpc) is 2.87. The molecule has 0 radical (unpaired) electrons. The highest BCUT2D eigenvalue weighted by molar-refractivity contribution is 9.10. The maximum atomic E-state index is 13.2. The summed E-state index contributed by atoms with van der Waals surface area (Å²) in [5.74, 6) is 0.0470. The Bertz CT molecular complexity index is 1350. The van der Waals surface area contributed by atoms with E-state index in [1.165, 1.54) is 18.2 Å². The van der Waals surface area contributed by atoms with Crippen molar-refractivity contribution in [3.63, 3.8) is 0 Å². The van der Waals surface area contributed by atoms with Gasteiger partial charge in [-0.15, -0.1) is 0 Å². The number of urea groups is 1. The number of carbonyl (C=O) groups excluding carboxylic acids is 3. The van der Waals surface area contributed by atoms with E-state index in [1.54, 1.807) is 24.3 Å². The van der Waals surface area contributed by atoms with Gasteiger partial charge in [-0.1, -0.05) is 29.8 Å². The number of benzene rings is 3. The van der Waals surface area contributed by atoms with Gasteiger partial charge in [-0.3, -0.25) is 14.9 Å². The molecule has 1 aliphatic rings. The van der Waals surface area contributed by atoms with E-state index in [-0.39, 0.29) is 17.9 Å². The standard InChI is InChI=1S/C27H22BrClN2O6/c1-2-35-23-16-17(15-22(28)24(23)37-13-12-36-20-6-4-3-5-7-20)14-21-25(32)30-27(34)31(26(21)33)19-10-8-18(29)9-11-19/h3-11,14-16H,2,12-13H2,1H3,(H,30,32,34)/b21-14-. The molecule has 0 aliphatic carbocycles. The molecular formula is C27H22BrClN2O6. The smallest absolute Gasteiger partial charge is 0.335 e. The fourth-order valence-corrected chi connectivity index (χ4v) is 4.24. The van der Waals surface area contributed by atoms with Crippen molar-refractivity contribution in [1.29, 1.82) is 0 Å². The Morgan fingerprint density at radius 3 is 2.35 bits per heavy atom. The normalized spacial score (nSPS) is 14.5. The van der Waals surface area contributed by atoms with E-state index in [9.17, 15) is 14.4 Å². The fourth-order valence-electron chi connectivity index (χ4n) is 3.54. The molecule has 0 spiro atoms. The molecule has 4 amide bonds. The van der Waals surface area contributed by atoms with Crippen LogP contribution in [-0.4, -0.2) is 37.7 Å². The van der Waals surface area contributed by atoms with Crippen molar-refractivity contribution in [2.24, 2.45) is 0 Å². The van der Waals surface area contributed by atoms with Gasteiger partial charge in [-0.25, -0.2) is 9.69 Å². The van der Waals surface area contributed by atoms with E-state index in [0.29, 0.717) is 39.8 Å². The van der Waals surface area contributed by atoms with Crippen LogP contribution in [0.4, 0.5) is 10.5 Å². The summed E-state index contributed by atoms with van der Waals surface area (Å²) < 4.78 is 17.9. The summed E-state index contributed by atoms with van der Waals surface area (Å²) in [6.07, 6.45) is 1.39. The lowest BCUT2D eigenvalue weighted by molar-refractivity contribution is -0.122. The Balaban J connectivity index is 1.56. The molecule has 3 aromatic carbocycles. The molecule has 0 bridgehead atoms. The number of rotatable bonds is 9. The van der Waals surface area contributed by atoms with Gasteiger partial charge in [0.1, 0.15) is 24.5 Å². The Morgan fingerprint density at radius 2 is 1.65 bits per heavy atom. The van der Waals surface area contributed by atoms with Crippen LogP contribution in [0, 0.1) is 0 Å². The Kier molecular flexibility index (Phi) is 8.47. The zero-order valence-corrected chi connectivity index (χ0v) is 22.0. The highest BCUT2D eigenvalue weighted by atomic mass is 79.9. The number of nitrogens with zero attached hydrogens (tertiary/aromatic N) is 1. The third-order valence-corrected chi connectivity index (χ3v) is 6.01. The number of hydrogen-bond acceptors (Lipinski definition) is 6. The lowest BCUT2D eigenvalue weighted by Gasteiger charge is -2.26. The van der Waals surface area contributed by atoms with Gasteiger partial charge in [0, 0.05) is 5.02 Å². The Morgan fingerprint density at radius 1 is 0.946 bits per heavy atom. The van der Waals surface area contributed by atoms with Gasteiger partial charge in [0.05, 0.1) is 16.8 Å². The average molecular weight is 586 g/mol. The number of hydrogen-bond donors (Lipinski definition) is 1. The number of carbonyl (C=O) groups is 3. The Labute approximate surface area is 226 Å². The quantitative estimate of drug-likeness (QED) is 0.199. The molecule has 4 rings (SSSR count). The maximum Gasteiger partial charge on any atom is 0.335 e. The number of halogens is 2. The second-order valence-electron chi connectivity index (χ2n) is 7.71. The summed E-state index contributed by atoms with van der Waals surface area (Å²) in [4.78, 5) is 39.0. The summed E-state index contributed by atoms with van der Waals surface area (Å²) in [6.45, 7) is 2.76. The van der Waals surface area contributed by atoms with Gasteiger partial charge < -0.3 is 14.2 Å². The lowest BCUT2D eigenvalue weighted by atomic mass is 10.1. The van der Waals surface area contributed by atoms with Gasteiger partial charge >= 0.3 is 6.03 Å². The molecule has 37 heavy (non-hydrogen) atoms. The second kappa shape index (κ2) is 11.9. The van der Waals surface area contributed by atoms with Gasteiger partial charge in [-0.2, -0.15) is 0 Å². The summed E-state index contributed by atoms with van der Waals surface area (Å²) in [6, 6.07) is 18.0. The lowest BCUT2D eigenvalue weighted by Crippen LogP contribution is -2.54. The fraction of sp³-hybridized carbons (Fsp3) is 0.148. The van der Waals surface area contributed by atoms with Gasteiger partial charge in [0.2, 0.25) is 0 Å². The number of ether oxygens (including phenoxy) is 3. The highest BCUT2D eigenvalue weighted by Crippen LogP contribution is 2.38. The SMILES string of the molecule is CCOc1cc(/C=C2/C(=O)NC(=O)N(c3ccc(Cl)cc3)C2=O)cc(Br)c1OCCOc1ccccc1. The maximum absolute atomic E-state index is 13.2. The van der Waals surface area contributed by atoms with Crippen molar-refractivity contribution in [2.75, 3.05) is 24.7 Å². The van der Waals surface area contributed by atoms with Crippen LogP contribution < -0.4 is 24.4 Å². The molecule has 0 saturated carbocycles. The molecular weight excluding hydrogens is 564 g/mol. The van der Waals surface area contributed by atoms with Gasteiger partial charge in [0.15, 0.2) is 11.5 Å². The van der Waals surface area contributed by atoms with Crippen molar-refractivity contribution in [3.05, 3.63) is 87.4 Å². The number of para-hydroxylation sites is 1. The summed E-state index contributed by atoms with van der Waals surface area (Å²) in [5, 5.41) is 2.65. The second-order valence-corrected chi connectivity index (χ2v) is 9.00. The minimum Gasteiger partial charge on any atom is -0.490 e. The third-order valence-electron chi connectivity index (χ3n) is 5.17. The molecule has 3 aromatic rings. The number of imide groups is 2. The number of barbiturate groups is 1. The predicted molar refractivity (Wildman–Crippen MR) is 143 cm³/mol. The highest BCUT2D eigenvalue weighted by Gasteiger charge is 2.36. The van der Waals surface area contributed by atoms with Crippen LogP contribution >= 0.6 is 27.5 Å². The molecule has 8 nitrogen and oxygen atoms in total. The first-order valence-corrected chi connectivity index (χ1v) is 12.5. The van der Waals surface area contributed by atoms with Crippen LogP contribution in [0.3, 0.4) is 0 Å². The van der Waals surface area contributed by atoms with Crippen molar-refractivity contribution in [3.8, 4) is 17.2 Å². The molecule has 190 valence electrons. The van der Waals surface area contributed by atoms with Gasteiger partial charge in [-0.05, 0) is 83.0 Å². The largest absolute Gasteiger partial charge is 0.490 e. The van der Waals surface area contributed by atoms with Crippen LogP contribution in [-0.2, 0) is 9.59 Å². The molecule has 10 heteroatoms. The van der Waals surface area contributed by atoms with Crippen molar-refractivity contribution in [2.45, 2.75) is 6.92 Å². The zero-order chi connectivity index (χ0) is 26.4. The number of anilines is 1. The molecule has 0 unspecified atom stereocenters. The van der Waals surface area contributed by atoms with E-state index >= 15 is 0 Å². The van der Waals surface area contributed by atoms with Crippen molar-refractivity contribution >= 4 is 57.1 Å². The topological polar surface area (TPSA) is 94.2 Å². The monoisotopic (exact) mass is 584 g/mol. The van der Waals surface area contributed by atoms with E-state index in [4.69, 9.17) is 25.8 Å². The minimum absolute atomic E-state index is 0.214. The van der Waals surface area contributed by atoms with Crippen molar-refractivity contribution in [1.82, 2.24) is 5.32 Å². The van der Waals surface area contributed by atoms with E-state index < -0.39 is 17.8 Å². The van der Waals surface area contributed by atoms with E-state index in [1.807, 2.05) is 37.3 Å². The molecule has 1 saturated heterocycles. The van der Waals surface area contributed by atoms with Crippen LogP contribution in [0.15, 0.2) is 76.8 Å². The van der Waals surface area contributed by atoms with Crippen LogP contribution in [0.2, 0.25) is 5.02 Å². The third kappa shape index (κ3) is 6.31. The van der Waals surface area contributed by atoms with Crippen molar-refractivity contribution < 1.29 is 28.6 Å². The van der Waals surface area contributed by atoms with E-state index in [2.05, 4.69) is 21.2 Å². The molecule has 1 heterocycles. The zero-order valence-electron chi connectivity index (χ0n) is 19.7. The molecule has 1 aliphatic heterocycles. The number of nitrogens with one attached hydrogen (secondary N) is 1. The first-order valence-electron chi connectivity index (χ1n) is 11.3. The molecule has 1 N–H and O–H groups in total. The first-order chi connectivity index (χ1) is 17.9.